The third kappa shape index (κ3) is 4.16. The number of aromatic nitrogens is 2. The van der Waals surface area contributed by atoms with E-state index in [1.54, 1.807) is 11.0 Å². The van der Waals surface area contributed by atoms with E-state index >= 15 is 0 Å². The highest BCUT2D eigenvalue weighted by atomic mass is 79.9. The minimum atomic E-state index is -0.510. The number of carbonyl (C=O) groups is 2. The number of amides is 2. The zero-order valence-electron chi connectivity index (χ0n) is 15.4. The fourth-order valence-corrected chi connectivity index (χ4v) is 3.36. The lowest BCUT2D eigenvalue weighted by Gasteiger charge is -2.16. The zero-order chi connectivity index (χ0) is 20.4. The topological polar surface area (TPSA) is 111 Å². The van der Waals surface area contributed by atoms with Crippen LogP contribution in [0.2, 0.25) is 0 Å². The van der Waals surface area contributed by atoms with E-state index in [9.17, 15) is 9.59 Å². The van der Waals surface area contributed by atoms with Gasteiger partial charge in [0.15, 0.2) is 10.4 Å². The van der Waals surface area contributed by atoms with Crippen LogP contribution in [-0.2, 0) is 4.79 Å². The quantitative estimate of drug-likeness (QED) is 0.597. The maximum atomic E-state index is 12.5. The maximum absolute atomic E-state index is 12.5. The number of hydrogen-bond donors (Lipinski definition) is 1. The lowest BCUT2D eigenvalue weighted by atomic mass is 10.1. The Balaban J connectivity index is 1.42. The van der Waals surface area contributed by atoms with E-state index in [1.807, 2.05) is 31.2 Å². The fraction of sp³-hybridized carbons (Fsp3) is 0.263. The minimum Gasteiger partial charge on any atom is -0.494 e. The largest absolute Gasteiger partial charge is 0.494 e. The highest BCUT2D eigenvalue weighted by Crippen LogP contribution is 2.32. The SMILES string of the molecule is CCOc1ccc(N2CC(c3nnc(NC(=O)c4ccc(Br)o4)o3)CC2=O)cc1. The third-order valence-electron chi connectivity index (χ3n) is 4.39. The molecule has 4 rings (SSSR count). The molecular formula is C19H17BrN4O5. The van der Waals surface area contributed by atoms with Crippen molar-refractivity contribution in [3.63, 3.8) is 0 Å². The van der Waals surface area contributed by atoms with Crippen LogP contribution in [0, 0.1) is 0 Å². The molecule has 0 aliphatic carbocycles. The monoisotopic (exact) mass is 460 g/mol. The molecule has 1 atom stereocenters. The summed E-state index contributed by atoms with van der Waals surface area (Å²) in [6, 6.07) is 10.4. The first-order valence-electron chi connectivity index (χ1n) is 8.97. The maximum Gasteiger partial charge on any atom is 0.322 e. The van der Waals surface area contributed by atoms with E-state index in [4.69, 9.17) is 13.6 Å². The Morgan fingerprint density at radius 3 is 2.72 bits per heavy atom. The molecule has 29 heavy (non-hydrogen) atoms. The van der Waals surface area contributed by atoms with Gasteiger partial charge in [0, 0.05) is 18.7 Å². The Bertz CT molecular complexity index is 1030. The van der Waals surface area contributed by atoms with Gasteiger partial charge in [0.25, 0.3) is 5.91 Å². The molecule has 0 radical (unpaired) electrons. The summed E-state index contributed by atoms with van der Waals surface area (Å²) < 4.78 is 16.6. The van der Waals surface area contributed by atoms with Gasteiger partial charge in [0.2, 0.25) is 11.8 Å². The van der Waals surface area contributed by atoms with Crippen LogP contribution in [0.1, 0.15) is 35.7 Å². The van der Waals surface area contributed by atoms with E-state index in [2.05, 4.69) is 31.4 Å². The molecule has 9 nitrogen and oxygen atoms in total. The number of hydrogen-bond acceptors (Lipinski definition) is 7. The highest BCUT2D eigenvalue weighted by molar-refractivity contribution is 9.10. The molecule has 1 unspecified atom stereocenters. The Morgan fingerprint density at radius 1 is 1.24 bits per heavy atom. The van der Waals surface area contributed by atoms with Gasteiger partial charge < -0.3 is 18.5 Å². The Labute approximate surface area is 174 Å². The lowest BCUT2D eigenvalue weighted by molar-refractivity contribution is -0.117. The van der Waals surface area contributed by atoms with E-state index in [-0.39, 0.29) is 30.0 Å². The van der Waals surface area contributed by atoms with Gasteiger partial charge in [-0.25, -0.2) is 0 Å². The number of nitrogens with zero attached hydrogens (tertiary/aromatic N) is 3. The van der Waals surface area contributed by atoms with Crippen LogP contribution in [0.3, 0.4) is 0 Å². The van der Waals surface area contributed by atoms with Crippen molar-refractivity contribution in [2.45, 2.75) is 19.3 Å². The van der Waals surface area contributed by atoms with Crippen molar-refractivity contribution in [2.75, 3.05) is 23.4 Å². The predicted octanol–water partition coefficient (Wildman–Crippen LogP) is 3.60. The Hall–Kier alpha value is -3.14. The van der Waals surface area contributed by atoms with Crippen LogP contribution >= 0.6 is 15.9 Å². The molecular weight excluding hydrogens is 444 g/mol. The number of anilines is 2. The standard InChI is InChI=1S/C19H17BrN4O5/c1-2-27-13-5-3-12(4-6-13)24-10-11(9-16(24)25)18-22-23-19(29-18)21-17(26)14-7-8-15(20)28-14/h3-8,11H,2,9-10H2,1H3,(H,21,23,26). The van der Waals surface area contributed by atoms with Gasteiger partial charge in [-0.15, -0.1) is 5.10 Å². The van der Waals surface area contributed by atoms with Crippen LogP contribution in [0.25, 0.3) is 0 Å². The van der Waals surface area contributed by atoms with Crippen molar-refractivity contribution in [3.05, 3.63) is 52.7 Å². The first-order chi connectivity index (χ1) is 14.0. The number of rotatable bonds is 6. The van der Waals surface area contributed by atoms with Crippen LogP contribution in [0.15, 0.2) is 49.9 Å². The summed E-state index contributed by atoms with van der Waals surface area (Å²) in [5, 5.41) is 10.3. The average molecular weight is 461 g/mol. The zero-order valence-corrected chi connectivity index (χ0v) is 17.0. The number of carbonyl (C=O) groups excluding carboxylic acids is 2. The van der Waals surface area contributed by atoms with Gasteiger partial charge in [0.1, 0.15) is 5.75 Å². The van der Waals surface area contributed by atoms with Gasteiger partial charge in [-0.3, -0.25) is 14.9 Å². The van der Waals surface area contributed by atoms with Crippen LogP contribution in [0.4, 0.5) is 11.7 Å². The molecule has 1 aromatic carbocycles. The Kier molecular flexibility index (Phi) is 5.34. The Morgan fingerprint density at radius 2 is 2.03 bits per heavy atom. The first-order valence-corrected chi connectivity index (χ1v) is 9.76. The summed E-state index contributed by atoms with van der Waals surface area (Å²) in [4.78, 5) is 26.2. The number of nitrogens with one attached hydrogen (secondary N) is 1. The minimum absolute atomic E-state index is 0.0385. The third-order valence-corrected chi connectivity index (χ3v) is 4.82. The van der Waals surface area contributed by atoms with Gasteiger partial charge in [-0.2, -0.15) is 0 Å². The van der Waals surface area contributed by atoms with Crippen molar-refractivity contribution in [3.8, 4) is 5.75 Å². The van der Waals surface area contributed by atoms with Gasteiger partial charge >= 0.3 is 6.01 Å². The van der Waals surface area contributed by atoms with E-state index in [0.29, 0.717) is 23.7 Å². The molecule has 1 aliphatic heterocycles. The molecule has 1 aliphatic rings. The van der Waals surface area contributed by atoms with Gasteiger partial charge in [0.05, 0.1) is 12.5 Å². The summed E-state index contributed by atoms with van der Waals surface area (Å²) in [6.07, 6.45) is 0.244. The van der Waals surface area contributed by atoms with Gasteiger partial charge in [-0.1, -0.05) is 5.10 Å². The molecule has 2 aromatic heterocycles. The molecule has 10 heteroatoms. The van der Waals surface area contributed by atoms with E-state index in [0.717, 1.165) is 11.4 Å². The summed E-state index contributed by atoms with van der Waals surface area (Å²) in [5.41, 5.74) is 0.775. The molecule has 1 N–H and O–H groups in total. The number of benzene rings is 1. The van der Waals surface area contributed by atoms with Crippen molar-refractivity contribution in [1.29, 1.82) is 0 Å². The predicted molar refractivity (Wildman–Crippen MR) is 106 cm³/mol. The molecule has 3 heterocycles. The van der Waals surface area contributed by atoms with Crippen molar-refractivity contribution >= 4 is 39.4 Å². The van der Waals surface area contributed by atoms with Crippen LogP contribution < -0.4 is 15.0 Å². The van der Waals surface area contributed by atoms with E-state index < -0.39 is 5.91 Å². The lowest BCUT2D eigenvalue weighted by Crippen LogP contribution is -2.24. The number of ether oxygens (including phenoxy) is 1. The fourth-order valence-electron chi connectivity index (χ4n) is 3.06. The molecule has 0 bridgehead atoms. The average Bonchev–Trinajstić information content (AvgIpc) is 3.43. The van der Waals surface area contributed by atoms with Crippen molar-refractivity contribution in [2.24, 2.45) is 0 Å². The van der Waals surface area contributed by atoms with Crippen LogP contribution in [-0.4, -0.2) is 35.2 Å². The second-order valence-corrected chi connectivity index (χ2v) is 7.12. The summed E-state index contributed by atoms with van der Waals surface area (Å²) in [6.45, 7) is 2.90. The molecule has 0 saturated carbocycles. The summed E-state index contributed by atoms with van der Waals surface area (Å²) in [5.74, 6) is 0.343. The summed E-state index contributed by atoms with van der Waals surface area (Å²) >= 11 is 3.14. The smallest absolute Gasteiger partial charge is 0.322 e. The van der Waals surface area contributed by atoms with Gasteiger partial charge in [-0.05, 0) is 59.3 Å². The second-order valence-electron chi connectivity index (χ2n) is 6.34. The second kappa shape index (κ2) is 8.08. The molecule has 150 valence electrons. The number of furan rings is 1. The molecule has 1 saturated heterocycles. The van der Waals surface area contributed by atoms with E-state index in [1.165, 1.54) is 6.07 Å². The molecule has 3 aromatic rings. The summed E-state index contributed by atoms with van der Waals surface area (Å²) in [7, 11) is 0. The van der Waals surface area contributed by atoms with Crippen molar-refractivity contribution < 1.29 is 23.2 Å². The van der Waals surface area contributed by atoms with Crippen LogP contribution in [0.5, 0.6) is 5.75 Å². The van der Waals surface area contributed by atoms with Crippen molar-refractivity contribution in [1.82, 2.24) is 10.2 Å². The molecule has 2 amide bonds. The highest BCUT2D eigenvalue weighted by Gasteiger charge is 2.35. The number of halogens is 1. The molecule has 1 fully saturated rings. The molecule has 0 spiro atoms. The normalized spacial score (nSPS) is 16.3. The first kappa shape index (κ1) is 19.2.